The summed E-state index contributed by atoms with van der Waals surface area (Å²) < 4.78 is 0. The number of benzene rings is 1. The first kappa shape index (κ1) is 14.3. The number of carbonyl (C=O) groups excluding carboxylic acids is 1. The Bertz CT molecular complexity index is 423. The van der Waals surface area contributed by atoms with Crippen molar-refractivity contribution in [2.24, 2.45) is 0 Å². The molecule has 1 aromatic carbocycles. The molecule has 18 heavy (non-hydrogen) atoms. The topological polar surface area (TPSA) is 29.1 Å². The third kappa shape index (κ3) is 5.54. The number of aryl methyl sites for hydroxylation is 1. The lowest BCUT2D eigenvalue weighted by atomic mass is 10.1. The van der Waals surface area contributed by atoms with Crippen molar-refractivity contribution in [1.82, 2.24) is 5.32 Å². The van der Waals surface area contributed by atoms with Crippen LogP contribution in [0.4, 0.5) is 0 Å². The fourth-order valence-electron chi connectivity index (χ4n) is 1.60. The Hall–Kier alpha value is -1.75. The molecule has 0 saturated heterocycles. The Labute approximate surface area is 110 Å². The normalized spacial score (nSPS) is 9.44. The Balaban J connectivity index is 2.49. The molecule has 1 aromatic rings. The van der Waals surface area contributed by atoms with E-state index in [-0.39, 0.29) is 5.91 Å². The second kappa shape index (κ2) is 8.36. The molecule has 2 nitrogen and oxygen atoms in total. The third-order valence-electron chi connectivity index (χ3n) is 2.63. The summed E-state index contributed by atoms with van der Waals surface area (Å²) >= 11 is 0. The lowest BCUT2D eigenvalue weighted by molar-refractivity contribution is -0.115. The molecule has 0 atom stereocenters. The van der Waals surface area contributed by atoms with Gasteiger partial charge in [0.15, 0.2) is 0 Å². The molecule has 2 heteroatoms. The van der Waals surface area contributed by atoms with Gasteiger partial charge in [-0.25, -0.2) is 0 Å². The van der Waals surface area contributed by atoms with Crippen molar-refractivity contribution in [2.75, 3.05) is 6.54 Å². The number of nitrogens with one attached hydrogen (secondary N) is 1. The summed E-state index contributed by atoms with van der Waals surface area (Å²) in [6.07, 6.45) is 4.31. The minimum atomic E-state index is -0.193. The van der Waals surface area contributed by atoms with Gasteiger partial charge in [-0.15, -0.1) is 0 Å². The SMILES string of the molecule is CCCCNC(=O)C#Cc1ccc(CCC)cc1. The van der Waals surface area contributed by atoms with Gasteiger partial charge in [-0.3, -0.25) is 4.79 Å². The number of rotatable bonds is 5. The molecule has 0 aliphatic heterocycles. The molecule has 1 rings (SSSR count). The molecule has 0 fully saturated rings. The van der Waals surface area contributed by atoms with E-state index in [2.05, 4.69) is 43.1 Å². The molecule has 0 aliphatic carbocycles. The Morgan fingerprint density at radius 3 is 2.50 bits per heavy atom. The van der Waals surface area contributed by atoms with Crippen molar-refractivity contribution in [3.8, 4) is 11.8 Å². The summed E-state index contributed by atoms with van der Waals surface area (Å²) in [5.41, 5.74) is 2.20. The minimum absolute atomic E-state index is 0.193. The zero-order valence-corrected chi connectivity index (χ0v) is 11.3. The molecule has 0 aromatic heterocycles. The van der Waals surface area contributed by atoms with Gasteiger partial charge in [0, 0.05) is 18.0 Å². The summed E-state index contributed by atoms with van der Waals surface area (Å²) in [5.74, 6) is 5.29. The van der Waals surface area contributed by atoms with Crippen LogP contribution in [0.1, 0.15) is 44.2 Å². The van der Waals surface area contributed by atoms with E-state index in [1.807, 2.05) is 12.1 Å². The summed E-state index contributed by atoms with van der Waals surface area (Å²) in [5, 5.41) is 2.77. The molecule has 1 N–H and O–H groups in total. The first-order chi connectivity index (χ1) is 8.76. The van der Waals surface area contributed by atoms with E-state index in [1.54, 1.807) is 0 Å². The van der Waals surface area contributed by atoms with E-state index < -0.39 is 0 Å². The fraction of sp³-hybridized carbons (Fsp3) is 0.438. The fourth-order valence-corrected chi connectivity index (χ4v) is 1.60. The van der Waals surface area contributed by atoms with Crippen LogP contribution in [0.3, 0.4) is 0 Å². The minimum Gasteiger partial charge on any atom is -0.345 e. The predicted octanol–water partition coefficient (Wildman–Crippen LogP) is 2.91. The van der Waals surface area contributed by atoms with Crippen LogP contribution >= 0.6 is 0 Å². The second-order valence-corrected chi connectivity index (χ2v) is 4.31. The van der Waals surface area contributed by atoms with Crippen LogP contribution in [-0.4, -0.2) is 12.5 Å². The Morgan fingerprint density at radius 1 is 1.17 bits per heavy atom. The van der Waals surface area contributed by atoms with Crippen molar-refractivity contribution in [2.45, 2.75) is 39.5 Å². The maximum Gasteiger partial charge on any atom is 0.296 e. The van der Waals surface area contributed by atoms with Gasteiger partial charge in [0.05, 0.1) is 0 Å². The predicted molar refractivity (Wildman–Crippen MR) is 75.2 cm³/mol. The molecule has 96 valence electrons. The summed E-state index contributed by atoms with van der Waals surface area (Å²) in [6.45, 7) is 4.96. The highest BCUT2D eigenvalue weighted by Crippen LogP contribution is 2.05. The van der Waals surface area contributed by atoms with Crippen molar-refractivity contribution >= 4 is 5.91 Å². The maximum atomic E-state index is 11.4. The maximum absolute atomic E-state index is 11.4. The van der Waals surface area contributed by atoms with Gasteiger partial charge < -0.3 is 5.32 Å². The third-order valence-corrected chi connectivity index (χ3v) is 2.63. The van der Waals surface area contributed by atoms with Crippen molar-refractivity contribution < 1.29 is 4.79 Å². The van der Waals surface area contributed by atoms with Crippen molar-refractivity contribution in [1.29, 1.82) is 0 Å². The van der Waals surface area contributed by atoms with Crippen LogP contribution in [0, 0.1) is 11.8 Å². The lowest BCUT2D eigenvalue weighted by Crippen LogP contribution is -2.22. The standard InChI is InChI=1S/C16H21NO/c1-3-5-13-17-16(18)12-11-15-9-7-14(6-4-2)8-10-15/h7-10H,3-6,13H2,1-2H3,(H,17,18). The van der Waals surface area contributed by atoms with E-state index in [4.69, 9.17) is 0 Å². The van der Waals surface area contributed by atoms with Gasteiger partial charge >= 0.3 is 0 Å². The monoisotopic (exact) mass is 243 g/mol. The first-order valence-corrected chi connectivity index (χ1v) is 6.65. The highest BCUT2D eigenvalue weighted by molar-refractivity contribution is 5.94. The average Bonchev–Trinajstić information content (AvgIpc) is 2.39. The molecule has 0 saturated carbocycles. The molecule has 0 heterocycles. The smallest absolute Gasteiger partial charge is 0.296 e. The lowest BCUT2D eigenvalue weighted by Gasteiger charge is -1.98. The van der Waals surface area contributed by atoms with Gasteiger partial charge in [0.2, 0.25) is 0 Å². The number of carbonyl (C=O) groups is 1. The number of hydrogen-bond acceptors (Lipinski definition) is 1. The zero-order chi connectivity index (χ0) is 13.2. The van der Waals surface area contributed by atoms with Gasteiger partial charge in [-0.05, 0) is 30.5 Å². The molecular weight excluding hydrogens is 222 g/mol. The number of hydrogen-bond donors (Lipinski definition) is 1. The Kier molecular flexibility index (Phi) is 6.64. The molecule has 0 aliphatic rings. The molecule has 1 amide bonds. The number of unbranched alkanes of at least 4 members (excludes halogenated alkanes) is 1. The molecule has 0 unspecified atom stereocenters. The summed E-state index contributed by atoms with van der Waals surface area (Å²) in [7, 11) is 0. The summed E-state index contributed by atoms with van der Waals surface area (Å²) in [4.78, 5) is 11.4. The van der Waals surface area contributed by atoms with Crippen molar-refractivity contribution in [3.05, 3.63) is 35.4 Å². The largest absolute Gasteiger partial charge is 0.345 e. The first-order valence-electron chi connectivity index (χ1n) is 6.65. The number of amides is 1. The van der Waals surface area contributed by atoms with E-state index in [9.17, 15) is 4.79 Å². The van der Waals surface area contributed by atoms with Crippen LogP contribution < -0.4 is 5.32 Å². The Morgan fingerprint density at radius 2 is 1.89 bits per heavy atom. The zero-order valence-electron chi connectivity index (χ0n) is 11.3. The van der Waals surface area contributed by atoms with E-state index in [0.717, 1.165) is 31.2 Å². The highest BCUT2D eigenvalue weighted by atomic mass is 16.1. The van der Waals surface area contributed by atoms with E-state index in [0.29, 0.717) is 6.54 Å². The van der Waals surface area contributed by atoms with Crippen LogP contribution in [-0.2, 0) is 11.2 Å². The van der Waals surface area contributed by atoms with Gasteiger partial charge in [-0.2, -0.15) is 0 Å². The molecule has 0 radical (unpaired) electrons. The van der Waals surface area contributed by atoms with E-state index >= 15 is 0 Å². The molecule has 0 spiro atoms. The van der Waals surface area contributed by atoms with Crippen LogP contribution in [0.15, 0.2) is 24.3 Å². The summed E-state index contributed by atoms with van der Waals surface area (Å²) in [6, 6.07) is 8.08. The highest BCUT2D eigenvalue weighted by Gasteiger charge is 1.94. The van der Waals surface area contributed by atoms with E-state index in [1.165, 1.54) is 5.56 Å². The van der Waals surface area contributed by atoms with Crippen LogP contribution in [0.5, 0.6) is 0 Å². The average molecular weight is 243 g/mol. The van der Waals surface area contributed by atoms with Gasteiger partial charge in [0.25, 0.3) is 5.91 Å². The molecular formula is C16H21NO. The van der Waals surface area contributed by atoms with Crippen LogP contribution in [0.25, 0.3) is 0 Å². The second-order valence-electron chi connectivity index (χ2n) is 4.31. The van der Waals surface area contributed by atoms with Crippen LogP contribution in [0.2, 0.25) is 0 Å². The quantitative estimate of drug-likeness (QED) is 0.625. The van der Waals surface area contributed by atoms with Crippen molar-refractivity contribution in [3.63, 3.8) is 0 Å². The van der Waals surface area contributed by atoms with Gasteiger partial charge in [-0.1, -0.05) is 44.7 Å². The molecule has 0 bridgehead atoms. The van der Waals surface area contributed by atoms with Gasteiger partial charge in [0.1, 0.15) is 0 Å².